The number of rotatable bonds is 3. The molecule has 3 heterocycles. The smallest absolute Gasteiger partial charge is 0.326 e. The number of nitrogens with zero attached hydrogens (tertiary/aromatic N) is 2. The lowest BCUT2D eigenvalue weighted by atomic mass is 10.0. The number of carbonyl (C=O) groups excluding carboxylic acids is 1. The van der Waals surface area contributed by atoms with E-state index in [1.807, 2.05) is 58.9 Å². The maximum Gasteiger partial charge on any atom is 0.326 e. The van der Waals surface area contributed by atoms with Crippen molar-refractivity contribution >= 4 is 27.8 Å². The number of hydrogen-bond acceptors (Lipinski definition) is 3. The van der Waals surface area contributed by atoms with Crippen molar-refractivity contribution < 1.29 is 9.53 Å². The molecule has 0 spiro atoms. The molecule has 2 aromatic heterocycles. The quantitative estimate of drug-likeness (QED) is 0.547. The average molecular weight is 404 g/mol. The minimum atomic E-state index is -0.0821. The van der Waals surface area contributed by atoms with E-state index in [4.69, 9.17) is 4.74 Å². The van der Waals surface area contributed by atoms with Crippen molar-refractivity contribution in [2.45, 2.75) is 25.8 Å². The van der Waals surface area contributed by atoms with Crippen LogP contribution < -0.4 is 10.4 Å². The van der Waals surface area contributed by atoms with Gasteiger partial charge in [0.1, 0.15) is 11.4 Å². The highest BCUT2D eigenvalue weighted by molar-refractivity contribution is 6.01. The molecule has 0 unspecified atom stereocenters. The third-order valence-electron chi connectivity index (χ3n) is 6.22. The standard InChI is InChI=1S/C23H24N4O3/c1-14-17-8-7-16(30-2)13-19(17)24-21(14)22(28)26-11-9-15(10-12-26)27-20-6-4-3-5-18(20)25-23(27)29/h3-8,13,15,24H,9-12H2,1-2H3,(H,25,29). The van der Waals surface area contributed by atoms with Gasteiger partial charge < -0.3 is 19.6 Å². The van der Waals surface area contributed by atoms with Crippen LogP contribution in [0.15, 0.2) is 47.3 Å². The zero-order valence-electron chi connectivity index (χ0n) is 17.1. The molecule has 7 heteroatoms. The number of ether oxygens (including phenoxy) is 1. The zero-order chi connectivity index (χ0) is 20.8. The molecule has 0 saturated carbocycles. The average Bonchev–Trinajstić information content (AvgIpc) is 3.29. The summed E-state index contributed by atoms with van der Waals surface area (Å²) in [6.07, 6.45) is 1.50. The van der Waals surface area contributed by atoms with Crippen LogP contribution in [-0.2, 0) is 0 Å². The van der Waals surface area contributed by atoms with Gasteiger partial charge in [-0.25, -0.2) is 4.79 Å². The molecule has 4 aromatic rings. The number of benzene rings is 2. The summed E-state index contributed by atoms with van der Waals surface area (Å²) in [5.41, 5.74) is 4.17. The van der Waals surface area contributed by atoms with Gasteiger partial charge in [0.25, 0.3) is 5.91 Å². The van der Waals surface area contributed by atoms with Gasteiger partial charge in [0, 0.05) is 36.1 Å². The second kappa shape index (κ2) is 7.09. The summed E-state index contributed by atoms with van der Waals surface area (Å²) in [6, 6.07) is 13.6. The third kappa shape index (κ3) is 2.89. The highest BCUT2D eigenvalue weighted by Crippen LogP contribution is 2.29. The predicted molar refractivity (Wildman–Crippen MR) is 116 cm³/mol. The van der Waals surface area contributed by atoms with E-state index in [2.05, 4.69) is 9.97 Å². The van der Waals surface area contributed by atoms with Crippen LogP contribution in [0.2, 0.25) is 0 Å². The van der Waals surface area contributed by atoms with Crippen LogP contribution in [-0.4, -0.2) is 45.5 Å². The summed E-state index contributed by atoms with van der Waals surface area (Å²) in [5.74, 6) is 0.764. The Kier molecular flexibility index (Phi) is 4.38. The first-order valence-corrected chi connectivity index (χ1v) is 10.2. The van der Waals surface area contributed by atoms with Crippen LogP contribution in [0, 0.1) is 6.92 Å². The number of nitrogens with one attached hydrogen (secondary N) is 2. The van der Waals surface area contributed by atoms with Gasteiger partial charge in [0.15, 0.2) is 0 Å². The third-order valence-corrected chi connectivity index (χ3v) is 6.22. The number of likely N-dealkylation sites (tertiary alicyclic amines) is 1. The largest absolute Gasteiger partial charge is 0.497 e. The van der Waals surface area contributed by atoms with Crippen molar-refractivity contribution in [1.82, 2.24) is 19.4 Å². The van der Waals surface area contributed by atoms with Crippen molar-refractivity contribution in [3.05, 3.63) is 64.2 Å². The Bertz CT molecular complexity index is 1310. The van der Waals surface area contributed by atoms with Crippen molar-refractivity contribution in [3.8, 4) is 5.75 Å². The van der Waals surface area contributed by atoms with E-state index in [9.17, 15) is 9.59 Å². The number of H-pyrrole nitrogens is 2. The predicted octanol–water partition coefficient (Wildman–Crippen LogP) is 3.61. The van der Waals surface area contributed by atoms with Gasteiger partial charge in [0.05, 0.1) is 18.1 Å². The molecule has 2 aromatic carbocycles. The number of hydrogen-bond donors (Lipinski definition) is 2. The molecular formula is C23H24N4O3. The van der Waals surface area contributed by atoms with E-state index in [-0.39, 0.29) is 17.6 Å². The van der Waals surface area contributed by atoms with Gasteiger partial charge >= 0.3 is 5.69 Å². The number of para-hydroxylation sites is 2. The number of aryl methyl sites for hydroxylation is 1. The van der Waals surface area contributed by atoms with Gasteiger partial charge in [0.2, 0.25) is 0 Å². The number of methoxy groups -OCH3 is 1. The topological polar surface area (TPSA) is 83.1 Å². The molecular weight excluding hydrogens is 380 g/mol. The maximum atomic E-state index is 13.2. The normalized spacial score (nSPS) is 15.2. The summed E-state index contributed by atoms with van der Waals surface area (Å²) in [5, 5.41) is 1.03. The van der Waals surface area contributed by atoms with Gasteiger partial charge in [-0.1, -0.05) is 12.1 Å². The van der Waals surface area contributed by atoms with Crippen molar-refractivity contribution in [1.29, 1.82) is 0 Å². The van der Waals surface area contributed by atoms with E-state index < -0.39 is 0 Å². The van der Waals surface area contributed by atoms with Gasteiger partial charge in [-0.2, -0.15) is 0 Å². The highest BCUT2D eigenvalue weighted by Gasteiger charge is 2.28. The number of fused-ring (bicyclic) bond motifs is 2. The Hall–Kier alpha value is -3.48. The summed E-state index contributed by atoms with van der Waals surface area (Å²) in [7, 11) is 1.63. The number of piperidine rings is 1. The van der Waals surface area contributed by atoms with E-state index in [1.165, 1.54) is 0 Å². The lowest BCUT2D eigenvalue weighted by Crippen LogP contribution is -2.40. The molecule has 0 radical (unpaired) electrons. The number of imidazole rings is 1. The Morgan fingerprint density at radius 3 is 2.60 bits per heavy atom. The van der Waals surface area contributed by atoms with Crippen LogP contribution in [0.25, 0.3) is 21.9 Å². The van der Waals surface area contributed by atoms with Gasteiger partial charge in [-0.05, 0) is 49.6 Å². The molecule has 2 N–H and O–H groups in total. The van der Waals surface area contributed by atoms with Crippen LogP contribution >= 0.6 is 0 Å². The molecule has 0 bridgehead atoms. The van der Waals surface area contributed by atoms with Gasteiger partial charge in [-0.3, -0.25) is 9.36 Å². The molecule has 1 fully saturated rings. The first kappa shape index (κ1) is 18.5. The molecule has 154 valence electrons. The van der Waals surface area contributed by atoms with Crippen molar-refractivity contribution in [3.63, 3.8) is 0 Å². The Morgan fingerprint density at radius 1 is 1.07 bits per heavy atom. The number of aromatic nitrogens is 3. The molecule has 5 rings (SSSR count). The fourth-order valence-corrected chi connectivity index (χ4v) is 4.58. The summed E-state index contributed by atoms with van der Waals surface area (Å²) >= 11 is 0. The minimum absolute atomic E-state index is 0.00684. The Balaban J connectivity index is 1.37. The fraction of sp³-hybridized carbons (Fsp3) is 0.304. The number of aromatic amines is 2. The molecule has 0 aliphatic carbocycles. The maximum absolute atomic E-state index is 13.2. The monoisotopic (exact) mass is 404 g/mol. The van der Waals surface area contributed by atoms with Crippen LogP contribution in [0.4, 0.5) is 0 Å². The van der Waals surface area contributed by atoms with E-state index >= 15 is 0 Å². The van der Waals surface area contributed by atoms with Crippen molar-refractivity contribution in [2.75, 3.05) is 20.2 Å². The zero-order valence-corrected chi connectivity index (χ0v) is 17.1. The molecule has 0 atom stereocenters. The summed E-state index contributed by atoms with van der Waals surface area (Å²) in [4.78, 5) is 33.8. The highest BCUT2D eigenvalue weighted by atomic mass is 16.5. The molecule has 1 aliphatic heterocycles. The van der Waals surface area contributed by atoms with Gasteiger partial charge in [-0.15, -0.1) is 0 Å². The lowest BCUT2D eigenvalue weighted by molar-refractivity contribution is 0.0689. The summed E-state index contributed by atoms with van der Waals surface area (Å²) < 4.78 is 7.13. The van der Waals surface area contributed by atoms with E-state index in [1.54, 1.807) is 7.11 Å². The number of amides is 1. The lowest BCUT2D eigenvalue weighted by Gasteiger charge is -2.32. The van der Waals surface area contributed by atoms with Crippen LogP contribution in [0.3, 0.4) is 0 Å². The molecule has 7 nitrogen and oxygen atoms in total. The molecule has 30 heavy (non-hydrogen) atoms. The Labute approximate surface area is 173 Å². The van der Waals surface area contributed by atoms with E-state index in [0.29, 0.717) is 18.8 Å². The second-order valence-corrected chi connectivity index (χ2v) is 7.88. The molecule has 1 aliphatic rings. The second-order valence-electron chi connectivity index (χ2n) is 7.88. The first-order valence-electron chi connectivity index (χ1n) is 10.2. The van der Waals surface area contributed by atoms with E-state index in [0.717, 1.165) is 46.1 Å². The minimum Gasteiger partial charge on any atom is -0.497 e. The first-order chi connectivity index (χ1) is 14.6. The van der Waals surface area contributed by atoms with Crippen LogP contribution in [0.5, 0.6) is 5.75 Å². The van der Waals surface area contributed by atoms with Crippen LogP contribution in [0.1, 0.15) is 34.9 Å². The van der Waals surface area contributed by atoms with Crippen molar-refractivity contribution in [2.24, 2.45) is 0 Å². The molecule has 1 saturated heterocycles. The summed E-state index contributed by atoms with van der Waals surface area (Å²) in [6.45, 7) is 3.21. The number of carbonyl (C=O) groups is 1. The SMILES string of the molecule is COc1ccc2c(C)c(C(=O)N3CCC(n4c(=O)[nH]c5ccccc54)CC3)[nH]c2c1. The fourth-order valence-electron chi connectivity index (χ4n) is 4.58. The molecule has 1 amide bonds. The Morgan fingerprint density at radius 2 is 1.83 bits per heavy atom.